The summed E-state index contributed by atoms with van der Waals surface area (Å²) in [6, 6.07) is 1.24. The Morgan fingerprint density at radius 3 is 2.62 bits per heavy atom. The SMILES string of the molecule is CCn1c(CN(C)C)nnc1C1CCN(C(=O)c2cncc(F)c2)CC1. The summed E-state index contributed by atoms with van der Waals surface area (Å²) in [5, 5.41) is 8.78. The molecule has 0 N–H and O–H groups in total. The van der Waals surface area contributed by atoms with Gasteiger partial charge in [-0.25, -0.2) is 4.39 Å². The van der Waals surface area contributed by atoms with Crippen LogP contribution in [0.25, 0.3) is 0 Å². The van der Waals surface area contributed by atoms with Crippen LogP contribution >= 0.6 is 0 Å². The largest absolute Gasteiger partial charge is 0.339 e. The van der Waals surface area contributed by atoms with Gasteiger partial charge >= 0.3 is 0 Å². The first-order chi connectivity index (χ1) is 12.5. The van der Waals surface area contributed by atoms with Gasteiger partial charge < -0.3 is 14.4 Å². The number of carbonyl (C=O) groups excluding carboxylic acids is 1. The fourth-order valence-corrected chi connectivity index (χ4v) is 3.45. The number of pyridine rings is 1. The Morgan fingerprint density at radius 1 is 1.27 bits per heavy atom. The molecule has 7 nitrogen and oxygen atoms in total. The molecule has 0 bridgehead atoms. The first-order valence-corrected chi connectivity index (χ1v) is 8.96. The van der Waals surface area contributed by atoms with Gasteiger partial charge in [0, 0.05) is 31.7 Å². The monoisotopic (exact) mass is 360 g/mol. The summed E-state index contributed by atoms with van der Waals surface area (Å²) in [5.41, 5.74) is 0.299. The number of amides is 1. The lowest BCUT2D eigenvalue weighted by atomic mass is 9.95. The molecular weight excluding hydrogens is 335 g/mol. The second kappa shape index (κ2) is 7.90. The molecule has 1 aliphatic heterocycles. The standard InChI is InChI=1S/C18H25FN6O/c1-4-25-16(12-23(2)3)21-22-17(25)13-5-7-24(8-6-13)18(26)14-9-15(19)11-20-10-14/h9-11,13H,4-8,12H2,1-3H3. The zero-order chi connectivity index (χ0) is 18.7. The van der Waals surface area contributed by atoms with Crippen molar-refractivity contribution in [2.45, 2.75) is 38.8 Å². The molecule has 2 aromatic heterocycles. The summed E-state index contributed by atoms with van der Waals surface area (Å²) in [4.78, 5) is 20.1. The topological polar surface area (TPSA) is 67.2 Å². The number of rotatable bonds is 5. The van der Waals surface area contributed by atoms with Gasteiger partial charge in [-0.3, -0.25) is 9.78 Å². The van der Waals surface area contributed by atoms with E-state index in [9.17, 15) is 9.18 Å². The molecule has 3 heterocycles. The van der Waals surface area contributed by atoms with Crippen LogP contribution in [0.3, 0.4) is 0 Å². The summed E-state index contributed by atoms with van der Waals surface area (Å²) in [7, 11) is 4.03. The Kier molecular flexibility index (Phi) is 5.61. The highest BCUT2D eigenvalue weighted by Crippen LogP contribution is 2.28. The Labute approximate surface area is 152 Å². The Bertz CT molecular complexity index is 767. The molecule has 0 spiro atoms. The maximum atomic E-state index is 13.3. The number of halogens is 1. The van der Waals surface area contributed by atoms with Crippen molar-refractivity contribution in [1.82, 2.24) is 29.5 Å². The molecule has 1 amide bonds. The fraction of sp³-hybridized carbons (Fsp3) is 0.556. The minimum atomic E-state index is -0.491. The highest BCUT2D eigenvalue weighted by atomic mass is 19.1. The van der Waals surface area contributed by atoms with Crippen LogP contribution in [0, 0.1) is 5.82 Å². The lowest BCUT2D eigenvalue weighted by Gasteiger charge is -2.31. The maximum Gasteiger partial charge on any atom is 0.255 e. The van der Waals surface area contributed by atoms with Crippen LogP contribution in [0.15, 0.2) is 18.5 Å². The molecule has 140 valence electrons. The number of aromatic nitrogens is 4. The molecule has 1 saturated heterocycles. The van der Waals surface area contributed by atoms with Gasteiger partial charge in [0.2, 0.25) is 0 Å². The van der Waals surface area contributed by atoms with E-state index in [0.29, 0.717) is 18.7 Å². The van der Waals surface area contributed by atoms with E-state index < -0.39 is 5.82 Å². The van der Waals surface area contributed by atoms with Crippen molar-refractivity contribution in [3.05, 3.63) is 41.5 Å². The van der Waals surface area contributed by atoms with Crippen molar-refractivity contribution in [3.63, 3.8) is 0 Å². The predicted molar refractivity (Wildman–Crippen MR) is 95.2 cm³/mol. The highest BCUT2D eigenvalue weighted by molar-refractivity contribution is 5.93. The smallest absolute Gasteiger partial charge is 0.255 e. The summed E-state index contributed by atoms with van der Waals surface area (Å²) >= 11 is 0. The summed E-state index contributed by atoms with van der Waals surface area (Å²) < 4.78 is 15.5. The number of likely N-dealkylation sites (tertiary alicyclic amines) is 1. The number of hydrogen-bond donors (Lipinski definition) is 0. The molecule has 3 rings (SSSR count). The molecular formula is C18H25FN6O. The molecule has 1 fully saturated rings. The van der Waals surface area contributed by atoms with E-state index in [1.54, 1.807) is 4.90 Å². The van der Waals surface area contributed by atoms with Crippen LogP contribution in [0.2, 0.25) is 0 Å². The van der Waals surface area contributed by atoms with E-state index in [2.05, 4.69) is 31.6 Å². The van der Waals surface area contributed by atoms with E-state index in [4.69, 9.17) is 0 Å². The zero-order valence-electron chi connectivity index (χ0n) is 15.5. The molecule has 0 radical (unpaired) electrons. The third-order valence-corrected chi connectivity index (χ3v) is 4.73. The van der Waals surface area contributed by atoms with Gasteiger partial charge in [0.15, 0.2) is 0 Å². The number of piperidine rings is 1. The van der Waals surface area contributed by atoms with E-state index in [1.807, 2.05) is 14.1 Å². The van der Waals surface area contributed by atoms with Crippen LogP contribution < -0.4 is 0 Å². The quantitative estimate of drug-likeness (QED) is 0.815. The fourth-order valence-electron chi connectivity index (χ4n) is 3.45. The van der Waals surface area contributed by atoms with Crippen molar-refractivity contribution in [2.24, 2.45) is 0 Å². The van der Waals surface area contributed by atoms with Crippen LogP contribution in [-0.2, 0) is 13.1 Å². The maximum absolute atomic E-state index is 13.3. The van der Waals surface area contributed by atoms with Gasteiger partial charge in [0.05, 0.1) is 18.3 Å². The molecule has 0 aromatic carbocycles. The first kappa shape index (κ1) is 18.4. The van der Waals surface area contributed by atoms with Crippen LogP contribution in [0.1, 0.15) is 47.7 Å². The van der Waals surface area contributed by atoms with Gasteiger partial charge in [-0.05, 0) is 39.9 Å². The zero-order valence-corrected chi connectivity index (χ0v) is 15.5. The third kappa shape index (κ3) is 3.90. The van der Waals surface area contributed by atoms with Crippen molar-refractivity contribution in [3.8, 4) is 0 Å². The van der Waals surface area contributed by atoms with Crippen LogP contribution in [0.5, 0.6) is 0 Å². The Hall–Kier alpha value is -2.35. The molecule has 2 aromatic rings. The molecule has 0 unspecified atom stereocenters. The summed E-state index contributed by atoms with van der Waals surface area (Å²) in [5.74, 6) is 1.60. The molecule has 0 atom stereocenters. The number of hydrogen-bond acceptors (Lipinski definition) is 5. The minimum Gasteiger partial charge on any atom is -0.339 e. The molecule has 0 saturated carbocycles. The summed E-state index contributed by atoms with van der Waals surface area (Å²) in [6.45, 7) is 4.94. The second-order valence-corrected chi connectivity index (χ2v) is 6.91. The molecule has 1 aliphatic rings. The van der Waals surface area contributed by atoms with Gasteiger partial charge in [0.1, 0.15) is 17.5 Å². The van der Waals surface area contributed by atoms with Crippen molar-refractivity contribution in [1.29, 1.82) is 0 Å². The second-order valence-electron chi connectivity index (χ2n) is 6.91. The van der Waals surface area contributed by atoms with E-state index in [0.717, 1.165) is 43.8 Å². The average Bonchev–Trinajstić information content (AvgIpc) is 3.03. The predicted octanol–water partition coefficient (Wildman–Crippen LogP) is 1.91. The lowest BCUT2D eigenvalue weighted by Crippen LogP contribution is -2.38. The van der Waals surface area contributed by atoms with Crippen LogP contribution in [0.4, 0.5) is 4.39 Å². The lowest BCUT2D eigenvalue weighted by molar-refractivity contribution is 0.0709. The molecule has 8 heteroatoms. The van der Waals surface area contributed by atoms with E-state index >= 15 is 0 Å². The van der Waals surface area contributed by atoms with Crippen LogP contribution in [-0.4, -0.2) is 62.6 Å². The van der Waals surface area contributed by atoms with E-state index in [-0.39, 0.29) is 11.8 Å². The highest BCUT2D eigenvalue weighted by Gasteiger charge is 2.28. The number of nitrogens with zero attached hydrogens (tertiary/aromatic N) is 6. The van der Waals surface area contributed by atoms with Crippen molar-refractivity contribution < 1.29 is 9.18 Å². The third-order valence-electron chi connectivity index (χ3n) is 4.73. The van der Waals surface area contributed by atoms with Crippen molar-refractivity contribution >= 4 is 5.91 Å². The normalized spacial score (nSPS) is 15.7. The average molecular weight is 360 g/mol. The Balaban J connectivity index is 1.67. The van der Waals surface area contributed by atoms with E-state index in [1.165, 1.54) is 12.3 Å². The number of carbonyl (C=O) groups is 1. The molecule has 26 heavy (non-hydrogen) atoms. The first-order valence-electron chi connectivity index (χ1n) is 8.96. The molecule has 0 aliphatic carbocycles. The summed E-state index contributed by atoms with van der Waals surface area (Å²) in [6.07, 6.45) is 4.17. The van der Waals surface area contributed by atoms with Crippen molar-refractivity contribution in [2.75, 3.05) is 27.2 Å². The van der Waals surface area contributed by atoms with Gasteiger partial charge in [0.25, 0.3) is 5.91 Å². The van der Waals surface area contributed by atoms with Gasteiger partial charge in [-0.1, -0.05) is 0 Å². The van der Waals surface area contributed by atoms with Gasteiger partial charge in [-0.15, -0.1) is 10.2 Å². The minimum absolute atomic E-state index is 0.166. The Morgan fingerprint density at radius 2 is 2.00 bits per heavy atom. The van der Waals surface area contributed by atoms with Gasteiger partial charge in [-0.2, -0.15) is 0 Å².